The predicted octanol–water partition coefficient (Wildman–Crippen LogP) is 3.62. The lowest BCUT2D eigenvalue weighted by Crippen LogP contribution is -2.25. The van der Waals surface area contributed by atoms with E-state index in [-0.39, 0.29) is 17.9 Å². The fraction of sp³-hybridized carbons (Fsp3) is 0.235. The molecular weight excluding hydrogens is 351 g/mol. The lowest BCUT2D eigenvalue weighted by molar-refractivity contribution is -0.141. The molecule has 0 atom stereocenters. The molecular formula is C17H14F3N3O3. The normalized spacial score (nSPS) is 14.3. The minimum atomic E-state index is -4.58. The van der Waals surface area contributed by atoms with Gasteiger partial charge in [-0.05, 0) is 31.2 Å². The summed E-state index contributed by atoms with van der Waals surface area (Å²) in [6, 6.07) is 8.42. The third kappa shape index (κ3) is 3.46. The van der Waals surface area contributed by atoms with Crippen LogP contribution in [0.3, 0.4) is 0 Å². The second-order valence-corrected chi connectivity index (χ2v) is 5.56. The van der Waals surface area contributed by atoms with Crippen LogP contribution in [-0.4, -0.2) is 30.1 Å². The van der Waals surface area contributed by atoms with Crippen molar-refractivity contribution in [1.82, 2.24) is 4.98 Å². The number of rotatable bonds is 3. The molecule has 1 aliphatic rings. The monoisotopic (exact) mass is 365 g/mol. The summed E-state index contributed by atoms with van der Waals surface area (Å²) in [4.78, 5) is 29.0. The fourth-order valence-electron chi connectivity index (χ4n) is 2.58. The second-order valence-electron chi connectivity index (χ2n) is 5.56. The first-order chi connectivity index (χ1) is 12.3. The standard InChI is InChI=1S/C17H14F3N3O3/c1-10-11(6-7-14(21-10)17(18,19)20)15(24)22-12-4-2-3-5-13(12)23-8-9-26-16(23)25/h2-7H,8-9H2,1H3,(H,22,24). The summed E-state index contributed by atoms with van der Waals surface area (Å²) in [5, 5.41) is 2.61. The van der Waals surface area contributed by atoms with Gasteiger partial charge in [-0.2, -0.15) is 13.2 Å². The number of pyridine rings is 1. The van der Waals surface area contributed by atoms with Crippen LogP contribution < -0.4 is 10.2 Å². The Morgan fingerprint density at radius 1 is 1.23 bits per heavy atom. The minimum absolute atomic E-state index is 0.0109. The van der Waals surface area contributed by atoms with E-state index < -0.39 is 23.9 Å². The van der Waals surface area contributed by atoms with Gasteiger partial charge in [-0.3, -0.25) is 9.69 Å². The van der Waals surface area contributed by atoms with Gasteiger partial charge in [-0.1, -0.05) is 12.1 Å². The number of alkyl halides is 3. The molecule has 0 saturated carbocycles. The molecule has 0 bridgehead atoms. The van der Waals surface area contributed by atoms with Crippen LogP contribution in [0.1, 0.15) is 21.7 Å². The Bertz CT molecular complexity index is 868. The lowest BCUT2D eigenvalue weighted by Gasteiger charge is -2.18. The van der Waals surface area contributed by atoms with Crippen molar-refractivity contribution < 1.29 is 27.5 Å². The number of hydrogen-bond acceptors (Lipinski definition) is 4. The summed E-state index contributed by atoms with van der Waals surface area (Å²) in [5.74, 6) is -0.622. The zero-order valence-corrected chi connectivity index (χ0v) is 13.6. The van der Waals surface area contributed by atoms with Gasteiger partial charge in [0.15, 0.2) is 0 Å². The Morgan fingerprint density at radius 3 is 2.58 bits per heavy atom. The van der Waals surface area contributed by atoms with E-state index in [1.165, 1.54) is 11.8 Å². The number of amides is 2. The van der Waals surface area contributed by atoms with Gasteiger partial charge >= 0.3 is 12.3 Å². The second kappa shape index (κ2) is 6.66. The maximum atomic E-state index is 12.7. The molecule has 6 nitrogen and oxygen atoms in total. The average molecular weight is 365 g/mol. The number of carbonyl (C=O) groups excluding carboxylic acids is 2. The SMILES string of the molecule is Cc1nc(C(F)(F)F)ccc1C(=O)Nc1ccccc1N1CCOC1=O. The number of nitrogens with zero attached hydrogens (tertiary/aromatic N) is 2. The molecule has 3 rings (SSSR count). The Labute approximate surface area is 146 Å². The maximum absolute atomic E-state index is 12.7. The van der Waals surface area contributed by atoms with Gasteiger partial charge in [-0.25, -0.2) is 9.78 Å². The van der Waals surface area contributed by atoms with E-state index in [9.17, 15) is 22.8 Å². The molecule has 2 heterocycles. The van der Waals surface area contributed by atoms with Crippen LogP contribution in [-0.2, 0) is 10.9 Å². The smallest absolute Gasteiger partial charge is 0.433 e. The maximum Gasteiger partial charge on any atom is 0.433 e. The van der Waals surface area contributed by atoms with E-state index in [1.807, 2.05) is 0 Å². The number of hydrogen-bond donors (Lipinski definition) is 1. The number of ether oxygens (including phenoxy) is 1. The van der Waals surface area contributed by atoms with Crippen LogP contribution in [0.25, 0.3) is 0 Å². The van der Waals surface area contributed by atoms with E-state index in [1.54, 1.807) is 24.3 Å². The van der Waals surface area contributed by atoms with Crippen molar-refractivity contribution in [1.29, 1.82) is 0 Å². The molecule has 0 unspecified atom stereocenters. The van der Waals surface area contributed by atoms with Gasteiger partial charge in [-0.15, -0.1) is 0 Å². The highest BCUT2D eigenvalue weighted by molar-refractivity contribution is 6.07. The summed E-state index contributed by atoms with van der Waals surface area (Å²) in [5.41, 5.74) is -0.310. The topological polar surface area (TPSA) is 71.5 Å². The highest BCUT2D eigenvalue weighted by atomic mass is 19.4. The molecule has 1 N–H and O–H groups in total. The van der Waals surface area contributed by atoms with Gasteiger partial charge in [0.1, 0.15) is 12.3 Å². The number of benzene rings is 1. The fourth-order valence-corrected chi connectivity index (χ4v) is 2.58. The van der Waals surface area contributed by atoms with E-state index in [0.29, 0.717) is 17.9 Å². The molecule has 1 aromatic carbocycles. The molecule has 1 aromatic heterocycles. The molecule has 1 saturated heterocycles. The molecule has 9 heteroatoms. The Balaban J connectivity index is 1.86. The van der Waals surface area contributed by atoms with Crippen molar-refractivity contribution in [3.05, 3.63) is 53.3 Å². The molecule has 136 valence electrons. The Hall–Kier alpha value is -3.10. The van der Waals surface area contributed by atoms with Gasteiger partial charge in [0.05, 0.1) is 29.2 Å². The van der Waals surface area contributed by atoms with E-state index >= 15 is 0 Å². The summed E-state index contributed by atoms with van der Waals surface area (Å²) in [6.45, 7) is 1.91. The molecule has 0 spiro atoms. The first-order valence-electron chi connectivity index (χ1n) is 7.67. The van der Waals surface area contributed by atoms with E-state index in [4.69, 9.17) is 4.74 Å². The lowest BCUT2D eigenvalue weighted by atomic mass is 10.1. The van der Waals surface area contributed by atoms with Crippen LogP contribution in [0, 0.1) is 6.92 Å². The summed E-state index contributed by atoms with van der Waals surface area (Å²) in [6.07, 6.45) is -5.11. The highest BCUT2D eigenvalue weighted by Gasteiger charge is 2.33. The first kappa shape index (κ1) is 17.7. The Kier molecular flexibility index (Phi) is 4.54. The average Bonchev–Trinajstić information content (AvgIpc) is 3.00. The summed E-state index contributed by atoms with van der Waals surface area (Å²) < 4.78 is 43.0. The highest BCUT2D eigenvalue weighted by Crippen LogP contribution is 2.30. The van der Waals surface area contributed by atoms with Crippen LogP contribution in [0.15, 0.2) is 36.4 Å². The van der Waals surface area contributed by atoms with Crippen molar-refractivity contribution in [2.75, 3.05) is 23.4 Å². The predicted molar refractivity (Wildman–Crippen MR) is 87.1 cm³/mol. The quantitative estimate of drug-likeness (QED) is 0.902. The van der Waals surface area contributed by atoms with Crippen LogP contribution in [0.4, 0.5) is 29.3 Å². The zero-order valence-electron chi connectivity index (χ0n) is 13.6. The number of anilines is 2. The van der Waals surface area contributed by atoms with Crippen molar-refractivity contribution in [3.8, 4) is 0 Å². The molecule has 26 heavy (non-hydrogen) atoms. The molecule has 1 fully saturated rings. The summed E-state index contributed by atoms with van der Waals surface area (Å²) >= 11 is 0. The van der Waals surface area contributed by atoms with Crippen LogP contribution >= 0.6 is 0 Å². The number of halogens is 3. The number of aryl methyl sites for hydroxylation is 1. The first-order valence-corrected chi connectivity index (χ1v) is 7.67. The van der Waals surface area contributed by atoms with Gasteiger partial charge < -0.3 is 10.1 Å². The number of cyclic esters (lactones) is 1. The molecule has 0 radical (unpaired) electrons. The molecule has 2 aromatic rings. The molecule has 1 aliphatic heterocycles. The largest absolute Gasteiger partial charge is 0.447 e. The number of para-hydroxylation sites is 2. The third-order valence-corrected chi connectivity index (χ3v) is 3.82. The van der Waals surface area contributed by atoms with Crippen molar-refractivity contribution in [3.63, 3.8) is 0 Å². The molecule has 2 amide bonds. The number of aromatic nitrogens is 1. The van der Waals surface area contributed by atoms with Crippen molar-refractivity contribution >= 4 is 23.4 Å². The van der Waals surface area contributed by atoms with Crippen molar-refractivity contribution in [2.24, 2.45) is 0 Å². The summed E-state index contributed by atoms with van der Waals surface area (Å²) in [7, 11) is 0. The molecule has 0 aliphatic carbocycles. The van der Waals surface area contributed by atoms with Crippen LogP contribution in [0.5, 0.6) is 0 Å². The third-order valence-electron chi connectivity index (χ3n) is 3.82. The number of carbonyl (C=O) groups is 2. The zero-order chi connectivity index (χ0) is 18.9. The van der Waals surface area contributed by atoms with Crippen LogP contribution in [0.2, 0.25) is 0 Å². The number of nitrogens with one attached hydrogen (secondary N) is 1. The minimum Gasteiger partial charge on any atom is -0.447 e. The van der Waals surface area contributed by atoms with Gasteiger partial charge in [0.2, 0.25) is 0 Å². The van der Waals surface area contributed by atoms with E-state index in [0.717, 1.165) is 12.1 Å². The van der Waals surface area contributed by atoms with Gasteiger partial charge in [0.25, 0.3) is 5.91 Å². The Morgan fingerprint density at radius 2 is 1.96 bits per heavy atom. The van der Waals surface area contributed by atoms with Gasteiger partial charge in [0, 0.05) is 0 Å². The van der Waals surface area contributed by atoms with Crippen molar-refractivity contribution in [2.45, 2.75) is 13.1 Å². The van der Waals surface area contributed by atoms with E-state index in [2.05, 4.69) is 10.3 Å².